The molecule has 0 atom stereocenters. The van der Waals surface area contributed by atoms with Gasteiger partial charge in [-0.15, -0.1) is 0 Å². The lowest BCUT2D eigenvalue weighted by atomic mass is 9.97. The van der Waals surface area contributed by atoms with Crippen molar-refractivity contribution < 1.29 is 9.59 Å². The Morgan fingerprint density at radius 2 is 1.60 bits per heavy atom. The van der Waals surface area contributed by atoms with Crippen molar-refractivity contribution in [2.45, 2.75) is 20.8 Å². The molecule has 1 amide bonds. The molecule has 0 aromatic heterocycles. The van der Waals surface area contributed by atoms with Crippen molar-refractivity contribution >= 4 is 17.4 Å². The highest BCUT2D eigenvalue weighted by molar-refractivity contribution is 6.10. The zero-order valence-corrected chi connectivity index (χ0v) is 11.9. The minimum absolute atomic E-state index is 0.000532. The topological polar surface area (TPSA) is 46.2 Å². The predicted octanol–water partition coefficient (Wildman–Crippen LogP) is 3.49. The lowest BCUT2D eigenvalue weighted by molar-refractivity contribution is -0.114. The van der Waals surface area contributed by atoms with E-state index in [9.17, 15) is 9.59 Å². The number of aryl methyl sites for hydroxylation is 2. The first-order valence-electron chi connectivity index (χ1n) is 6.47. The average Bonchev–Trinajstić information content (AvgIpc) is 2.41. The number of benzene rings is 2. The molecule has 102 valence electrons. The standard InChI is InChI=1S/C17H17NO2/c1-11-4-5-12(2)16(10-11)17(20)14-6-8-15(9-7-14)18-13(3)19/h4-10H,1-3H3,(H,18,19). The Morgan fingerprint density at radius 3 is 2.20 bits per heavy atom. The van der Waals surface area contributed by atoms with Gasteiger partial charge in [-0.3, -0.25) is 9.59 Å². The summed E-state index contributed by atoms with van der Waals surface area (Å²) in [6, 6.07) is 12.8. The van der Waals surface area contributed by atoms with Gasteiger partial charge in [-0.2, -0.15) is 0 Å². The lowest BCUT2D eigenvalue weighted by Gasteiger charge is -2.07. The van der Waals surface area contributed by atoms with Gasteiger partial charge in [-0.1, -0.05) is 17.7 Å². The van der Waals surface area contributed by atoms with E-state index in [0.29, 0.717) is 11.3 Å². The number of ketones is 1. The third kappa shape index (κ3) is 3.12. The number of anilines is 1. The minimum Gasteiger partial charge on any atom is -0.326 e. The van der Waals surface area contributed by atoms with E-state index in [-0.39, 0.29) is 11.7 Å². The first-order valence-corrected chi connectivity index (χ1v) is 6.47. The van der Waals surface area contributed by atoms with Crippen molar-refractivity contribution in [2.75, 3.05) is 5.32 Å². The Hall–Kier alpha value is -2.42. The average molecular weight is 267 g/mol. The third-order valence-electron chi connectivity index (χ3n) is 3.11. The van der Waals surface area contributed by atoms with Crippen molar-refractivity contribution in [2.24, 2.45) is 0 Å². The maximum Gasteiger partial charge on any atom is 0.221 e. The molecular weight excluding hydrogens is 250 g/mol. The van der Waals surface area contributed by atoms with Crippen molar-refractivity contribution in [3.05, 3.63) is 64.7 Å². The maximum absolute atomic E-state index is 12.5. The smallest absolute Gasteiger partial charge is 0.221 e. The summed E-state index contributed by atoms with van der Waals surface area (Å²) in [7, 11) is 0. The highest BCUT2D eigenvalue weighted by Crippen LogP contribution is 2.17. The van der Waals surface area contributed by atoms with Crippen molar-refractivity contribution in [1.82, 2.24) is 0 Å². The Labute approximate surface area is 118 Å². The number of hydrogen-bond acceptors (Lipinski definition) is 2. The van der Waals surface area contributed by atoms with Gasteiger partial charge < -0.3 is 5.32 Å². The molecule has 0 heterocycles. The SMILES string of the molecule is CC(=O)Nc1ccc(C(=O)c2cc(C)ccc2C)cc1. The predicted molar refractivity (Wildman–Crippen MR) is 80.1 cm³/mol. The molecular formula is C17H17NO2. The van der Waals surface area contributed by atoms with E-state index in [4.69, 9.17) is 0 Å². The fourth-order valence-electron chi connectivity index (χ4n) is 2.04. The molecule has 0 unspecified atom stereocenters. The molecule has 0 saturated carbocycles. The van der Waals surface area contributed by atoms with Gasteiger partial charge in [0.1, 0.15) is 0 Å². The molecule has 0 aliphatic heterocycles. The van der Waals surface area contributed by atoms with Crippen LogP contribution in [0.15, 0.2) is 42.5 Å². The summed E-state index contributed by atoms with van der Waals surface area (Å²) in [5.74, 6) is -0.126. The van der Waals surface area contributed by atoms with Gasteiger partial charge in [0.25, 0.3) is 0 Å². The van der Waals surface area contributed by atoms with E-state index >= 15 is 0 Å². The molecule has 3 heteroatoms. The van der Waals surface area contributed by atoms with Crippen LogP contribution in [-0.2, 0) is 4.79 Å². The molecule has 0 saturated heterocycles. The van der Waals surface area contributed by atoms with Gasteiger partial charge in [0, 0.05) is 23.7 Å². The van der Waals surface area contributed by atoms with Crippen molar-refractivity contribution in [3.8, 4) is 0 Å². The Balaban J connectivity index is 2.29. The second-order valence-corrected chi connectivity index (χ2v) is 4.91. The van der Waals surface area contributed by atoms with Crippen LogP contribution in [-0.4, -0.2) is 11.7 Å². The number of carbonyl (C=O) groups excluding carboxylic acids is 2. The van der Waals surface area contributed by atoms with Crippen LogP contribution in [0.25, 0.3) is 0 Å². The van der Waals surface area contributed by atoms with E-state index in [0.717, 1.165) is 16.7 Å². The van der Waals surface area contributed by atoms with E-state index in [2.05, 4.69) is 5.32 Å². The van der Waals surface area contributed by atoms with E-state index in [1.54, 1.807) is 24.3 Å². The Bertz CT molecular complexity index is 657. The van der Waals surface area contributed by atoms with Gasteiger partial charge in [-0.25, -0.2) is 0 Å². The number of amides is 1. The fraction of sp³-hybridized carbons (Fsp3) is 0.176. The summed E-state index contributed by atoms with van der Waals surface area (Å²) in [5.41, 5.74) is 4.06. The number of hydrogen-bond donors (Lipinski definition) is 1. The summed E-state index contributed by atoms with van der Waals surface area (Å²) in [6.07, 6.45) is 0. The zero-order chi connectivity index (χ0) is 14.7. The normalized spacial score (nSPS) is 10.2. The molecule has 3 nitrogen and oxygen atoms in total. The molecule has 0 radical (unpaired) electrons. The second-order valence-electron chi connectivity index (χ2n) is 4.91. The molecule has 0 aliphatic rings. The second kappa shape index (κ2) is 5.70. The molecule has 0 bridgehead atoms. The molecule has 2 aromatic carbocycles. The largest absolute Gasteiger partial charge is 0.326 e. The van der Waals surface area contributed by atoms with Gasteiger partial charge in [0.2, 0.25) is 5.91 Å². The van der Waals surface area contributed by atoms with Crippen LogP contribution < -0.4 is 5.32 Å². The summed E-state index contributed by atoms with van der Waals surface area (Å²) < 4.78 is 0. The third-order valence-corrected chi connectivity index (χ3v) is 3.11. The number of carbonyl (C=O) groups is 2. The maximum atomic E-state index is 12.5. The Morgan fingerprint density at radius 1 is 0.950 bits per heavy atom. The fourth-order valence-corrected chi connectivity index (χ4v) is 2.04. The quantitative estimate of drug-likeness (QED) is 0.865. The van der Waals surface area contributed by atoms with E-state index < -0.39 is 0 Å². The van der Waals surface area contributed by atoms with Crippen LogP contribution in [0, 0.1) is 13.8 Å². The Kier molecular flexibility index (Phi) is 3.99. The van der Waals surface area contributed by atoms with Gasteiger partial charge in [0.15, 0.2) is 5.78 Å². The van der Waals surface area contributed by atoms with Gasteiger partial charge in [-0.05, 0) is 49.7 Å². The van der Waals surface area contributed by atoms with Crippen LogP contribution in [0.3, 0.4) is 0 Å². The van der Waals surface area contributed by atoms with E-state index in [1.807, 2.05) is 32.0 Å². The molecule has 1 N–H and O–H groups in total. The molecule has 2 aromatic rings. The first kappa shape index (κ1) is 14.0. The minimum atomic E-state index is -0.126. The molecule has 20 heavy (non-hydrogen) atoms. The zero-order valence-electron chi connectivity index (χ0n) is 11.9. The molecule has 0 spiro atoms. The highest BCUT2D eigenvalue weighted by Gasteiger charge is 2.11. The summed E-state index contributed by atoms with van der Waals surface area (Å²) in [6.45, 7) is 5.35. The molecule has 2 rings (SSSR count). The van der Waals surface area contributed by atoms with Crippen molar-refractivity contribution in [3.63, 3.8) is 0 Å². The molecule has 0 aliphatic carbocycles. The lowest BCUT2D eigenvalue weighted by Crippen LogP contribution is -2.07. The van der Waals surface area contributed by atoms with Gasteiger partial charge in [0.05, 0.1) is 0 Å². The van der Waals surface area contributed by atoms with Crippen LogP contribution in [0.1, 0.15) is 34.0 Å². The number of nitrogens with one attached hydrogen (secondary N) is 1. The van der Waals surface area contributed by atoms with Crippen molar-refractivity contribution in [1.29, 1.82) is 0 Å². The summed E-state index contributed by atoms with van der Waals surface area (Å²) >= 11 is 0. The van der Waals surface area contributed by atoms with Crippen LogP contribution in [0.2, 0.25) is 0 Å². The monoisotopic (exact) mass is 267 g/mol. The van der Waals surface area contributed by atoms with E-state index in [1.165, 1.54) is 6.92 Å². The number of rotatable bonds is 3. The summed E-state index contributed by atoms with van der Waals surface area (Å²) in [5, 5.41) is 2.68. The van der Waals surface area contributed by atoms with Crippen LogP contribution in [0.4, 0.5) is 5.69 Å². The highest BCUT2D eigenvalue weighted by atomic mass is 16.1. The van der Waals surface area contributed by atoms with Crippen LogP contribution in [0.5, 0.6) is 0 Å². The van der Waals surface area contributed by atoms with Crippen LogP contribution >= 0.6 is 0 Å². The summed E-state index contributed by atoms with van der Waals surface area (Å²) in [4.78, 5) is 23.4. The van der Waals surface area contributed by atoms with Gasteiger partial charge >= 0.3 is 0 Å². The first-order chi connectivity index (χ1) is 9.47. The molecule has 0 fully saturated rings.